The van der Waals surface area contributed by atoms with Crippen molar-refractivity contribution in [3.63, 3.8) is 0 Å². The van der Waals surface area contributed by atoms with Gasteiger partial charge in [-0.05, 0) is 35.0 Å². The highest BCUT2D eigenvalue weighted by molar-refractivity contribution is 9.11. The first kappa shape index (κ1) is 15.5. The van der Waals surface area contributed by atoms with Crippen molar-refractivity contribution in [1.29, 1.82) is 0 Å². The predicted molar refractivity (Wildman–Crippen MR) is 76.7 cm³/mol. The van der Waals surface area contributed by atoms with E-state index < -0.39 is 0 Å². The number of ether oxygens (including phenoxy) is 2. The third kappa shape index (κ3) is 3.96. The molecule has 0 bridgehead atoms. The fourth-order valence-electron chi connectivity index (χ4n) is 1.50. The van der Waals surface area contributed by atoms with Gasteiger partial charge in [0.2, 0.25) is 0 Å². The van der Waals surface area contributed by atoms with Gasteiger partial charge >= 0.3 is 5.97 Å². The third-order valence-corrected chi connectivity index (χ3v) is 3.49. The van der Waals surface area contributed by atoms with E-state index in [1.807, 2.05) is 12.1 Å². The van der Waals surface area contributed by atoms with Crippen LogP contribution in [0.4, 0.5) is 0 Å². The maximum absolute atomic E-state index is 11.3. The van der Waals surface area contributed by atoms with Crippen LogP contribution in [0.1, 0.15) is 12.5 Å². The summed E-state index contributed by atoms with van der Waals surface area (Å²) in [5.74, 6) is 0.464. The minimum absolute atomic E-state index is 0.289. The summed E-state index contributed by atoms with van der Waals surface area (Å²) in [6.45, 7) is 2.27. The van der Waals surface area contributed by atoms with E-state index in [1.54, 1.807) is 14.0 Å². The largest absolute Gasteiger partial charge is 0.495 e. The predicted octanol–water partition coefficient (Wildman–Crippen LogP) is 2.87. The Bertz CT molecular complexity index is 438. The topological polar surface area (TPSA) is 47.6 Å². The molecule has 0 saturated carbocycles. The van der Waals surface area contributed by atoms with Gasteiger partial charge in [-0.25, -0.2) is 0 Å². The summed E-state index contributed by atoms with van der Waals surface area (Å²) in [5, 5.41) is 3.08. The molecule has 0 saturated heterocycles. The van der Waals surface area contributed by atoms with Crippen LogP contribution in [-0.2, 0) is 16.1 Å². The molecule has 0 aromatic heterocycles. The van der Waals surface area contributed by atoms with Crippen LogP contribution in [0.3, 0.4) is 0 Å². The lowest BCUT2D eigenvalue weighted by Crippen LogP contribution is -2.34. The molecule has 4 nitrogen and oxygen atoms in total. The number of carbonyl (C=O) groups excluding carboxylic acids is 1. The zero-order valence-corrected chi connectivity index (χ0v) is 13.6. The molecule has 6 heteroatoms. The molecule has 0 amide bonds. The van der Waals surface area contributed by atoms with E-state index in [9.17, 15) is 4.79 Å². The molecule has 0 fully saturated rings. The molecular weight excluding hydrogens is 366 g/mol. The summed E-state index contributed by atoms with van der Waals surface area (Å²) in [6, 6.07) is 3.49. The van der Waals surface area contributed by atoms with E-state index in [-0.39, 0.29) is 12.0 Å². The van der Waals surface area contributed by atoms with Crippen molar-refractivity contribution in [2.24, 2.45) is 0 Å². The molecule has 0 radical (unpaired) electrons. The van der Waals surface area contributed by atoms with E-state index in [0.717, 1.165) is 20.3 Å². The molecule has 1 aromatic rings. The number of rotatable bonds is 5. The lowest BCUT2D eigenvalue weighted by Gasteiger charge is -2.15. The number of hydrogen-bond acceptors (Lipinski definition) is 4. The molecule has 0 heterocycles. The van der Waals surface area contributed by atoms with E-state index >= 15 is 0 Å². The van der Waals surface area contributed by atoms with Gasteiger partial charge in [-0.3, -0.25) is 4.79 Å². The maximum Gasteiger partial charge on any atom is 0.322 e. The van der Waals surface area contributed by atoms with Crippen LogP contribution in [0, 0.1) is 0 Å². The van der Waals surface area contributed by atoms with Gasteiger partial charge in [0.25, 0.3) is 0 Å². The smallest absolute Gasteiger partial charge is 0.322 e. The van der Waals surface area contributed by atoms with E-state index in [2.05, 4.69) is 41.9 Å². The fourth-order valence-corrected chi connectivity index (χ4v) is 2.97. The normalized spacial score (nSPS) is 12.1. The Morgan fingerprint density at radius 1 is 1.39 bits per heavy atom. The van der Waals surface area contributed by atoms with Gasteiger partial charge in [-0.1, -0.05) is 15.9 Å². The molecule has 0 aliphatic carbocycles. The van der Waals surface area contributed by atoms with Crippen LogP contribution < -0.4 is 10.1 Å². The Balaban J connectivity index is 2.81. The Kier molecular flexibility index (Phi) is 6.11. The molecule has 0 aliphatic rings. The van der Waals surface area contributed by atoms with Crippen LogP contribution >= 0.6 is 31.9 Å². The van der Waals surface area contributed by atoms with Crippen molar-refractivity contribution >= 4 is 37.8 Å². The van der Waals surface area contributed by atoms with Crippen molar-refractivity contribution in [1.82, 2.24) is 5.32 Å². The Hall–Kier alpha value is -0.590. The van der Waals surface area contributed by atoms with E-state index in [0.29, 0.717) is 6.54 Å². The SMILES string of the molecule is COC(=O)[C@H](C)NCc1cc(Br)cc(Br)c1OC. The summed E-state index contributed by atoms with van der Waals surface area (Å²) < 4.78 is 11.8. The molecule has 1 rings (SSSR count). The zero-order chi connectivity index (χ0) is 13.7. The van der Waals surface area contributed by atoms with Crippen molar-refractivity contribution in [3.8, 4) is 5.75 Å². The second kappa shape index (κ2) is 7.11. The average molecular weight is 381 g/mol. The van der Waals surface area contributed by atoms with Crippen molar-refractivity contribution in [2.45, 2.75) is 19.5 Å². The first-order chi connectivity index (χ1) is 8.49. The third-order valence-electron chi connectivity index (χ3n) is 2.44. The number of nitrogens with one attached hydrogen (secondary N) is 1. The summed E-state index contributed by atoms with van der Waals surface area (Å²) in [4.78, 5) is 11.3. The molecule has 1 aromatic carbocycles. The minimum Gasteiger partial charge on any atom is -0.495 e. The Morgan fingerprint density at radius 2 is 2.06 bits per heavy atom. The highest BCUT2D eigenvalue weighted by Crippen LogP contribution is 2.32. The summed E-state index contributed by atoms with van der Waals surface area (Å²) in [7, 11) is 2.98. The van der Waals surface area contributed by atoms with Crippen LogP contribution in [0.25, 0.3) is 0 Å². The highest BCUT2D eigenvalue weighted by Gasteiger charge is 2.14. The number of esters is 1. The van der Waals surface area contributed by atoms with Crippen LogP contribution in [0.2, 0.25) is 0 Å². The van der Waals surface area contributed by atoms with Crippen LogP contribution in [0.15, 0.2) is 21.1 Å². The Labute approximate surface area is 123 Å². The molecule has 0 unspecified atom stereocenters. The van der Waals surface area contributed by atoms with Crippen LogP contribution in [0.5, 0.6) is 5.75 Å². The van der Waals surface area contributed by atoms with Gasteiger partial charge in [0.1, 0.15) is 11.8 Å². The number of hydrogen-bond donors (Lipinski definition) is 1. The summed E-state index contributed by atoms with van der Waals surface area (Å²) in [5.41, 5.74) is 0.953. The molecular formula is C12H15Br2NO3. The number of benzene rings is 1. The summed E-state index contributed by atoms with van der Waals surface area (Å²) in [6.07, 6.45) is 0. The number of halogens is 2. The van der Waals surface area contributed by atoms with E-state index in [4.69, 9.17) is 4.74 Å². The molecule has 100 valence electrons. The standard InChI is InChI=1S/C12H15Br2NO3/c1-7(12(16)18-3)15-6-8-4-9(13)5-10(14)11(8)17-2/h4-5,7,15H,6H2,1-3H3/t7-/m0/s1. The van der Waals surface area contributed by atoms with Gasteiger partial charge < -0.3 is 14.8 Å². The maximum atomic E-state index is 11.3. The fraction of sp³-hybridized carbons (Fsp3) is 0.417. The first-order valence-corrected chi connectivity index (χ1v) is 6.91. The molecule has 0 aliphatic heterocycles. The van der Waals surface area contributed by atoms with Gasteiger partial charge in [0, 0.05) is 16.6 Å². The lowest BCUT2D eigenvalue weighted by molar-refractivity contribution is -0.142. The molecule has 18 heavy (non-hydrogen) atoms. The van der Waals surface area contributed by atoms with E-state index in [1.165, 1.54) is 7.11 Å². The Morgan fingerprint density at radius 3 is 2.61 bits per heavy atom. The second-order valence-corrected chi connectivity index (χ2v) is 5.48. The monoisotopic (exact) mass is 379 g/mol. The quantitative estimate of drug-likeness (QED) is 0.798. The lowest BCUT2D eigenvalue weighted by atomic mass is 10.2. The molecule has 1 atom stereocenters. The molecule has 1 N–H and O–H groups in total. The van der Waals surface area contributed by atoms with Crippen molar-refractivity contribution in [2.75, 3.05) is 14.2 Å². The first-order valence-electron chi connectivity index (χ1n) is 5.32. The van der Waals surface area contributed by atoms with Crippen LogP contribution in [-0.4, -0.2) is 26.2 Å². The van der Waals surface area contributed by atoms with Crippen molar-refractivity contribution < 1.29 is 14.3 Å². The minimum atomic E-state index is -0.363. The highest BCUT2D eigenvalue weighted by atomic mass is 79.9. The van der Waals surface area contributed by atoms with Gasteiger partial charge in [0.15, 0.2) is 0 Å². The zero-order valence-electron chi connectivity index (χ0n) is 10.4. The van der Waals surface area contributed by atoms with Gasteiger partial charge in [0.05, 0.1) is 18.7 Å². The van der Waals surface area contributed by atoms with Crippen molar-refractivity contribution in [3.05, 3.63) is 26.6 Å². The van der Waals surface area contributed by atoms with Gasteiger partial charge in [-0.15, -0.1) is 0 Å². The number of methoxy groups -OCH3 is 2. The second-order valence-electron chi connectivity index (χ2n) is 3.71. The van der Waals surface area contributed by atoms with Gasteiger partial charge in [-0.2, -0.15) is 0 Å². The summed E-state index contributed by atoms with van der Waals surface area (Å²) >= 11 is 6.85. The number of carbonyl (C=O) groups is 1. The molecule has 0 spiro atoms. The average Bonchev–Trinajstić information content (AvgIpc) is 2.34.